The van der Waals surface area contributed by atoms with Gasteiger partial charge in [-0.3, -0.25) is 4.98 Å². The molecule has 20 heavy (non-hydrogen) atoms. The SMILES string of the molecule is COC(=O)c1csc(Nc2cccc3cccnc23)n1. The second kappa shape index (κ2) is 5.26. The number of pyridine rings is 1. The number of anilines is 2. The van der Waals surface area contributed by atoms with Crippen molar-refractivity contribution in [2.24, 2.45) is 0 Å². The highest BCUT2D eigenvalue weighted by Crippen LogP contribution is 2.26. The number of nitrogens with zero attached hydrogens (tertiary/aromatic N) is 2. The molecule has 0 atom stereocenters. The summed E-state index contributed by atoms with van der Waals surface area (Å²) in [6.45, 7) is 0. The van der Waals surface area contributed by atoms with Crippen molar-refractivity contribution in [2.75, 3.05) is 12.4 Å². The molecule has 0 aliphatic carbocycles. The lowest BCUT2D eigenvalue weighted by atomic mass is 10.2. The van der Waals surface area contributed by atoms with Crippen LogP contribution >= 0.6 is 11.3 Å². The van der Waals surface area contributed by atoms with Gasteiger partial charge in [0, 0.05) is 17.0 Å². The third-order valence-corrected chi connectivity index (χ3v) is 3.53. The maximum absolute atomic E-state index is 11.4. The summed E-state index contributed by atoms with van der Waals surface area (Å²) in [4.78, 5) is 19.9. The standard InChI is InChI=1S/C14H11N3O2S/c1-19-13(18)11-8-20-14(17-11)16-10-6-2-4-9-5-3-7-15-12(9)10/h2-8H,1H3,(H,16,17). The molecule has 0 bridgehead atoms. The van der Waals surface area contributed by atoms with Crippen LogP contribution in [0.4, 0.5) is 10.8 Å². The van der Waals surface area contributed by atoms with E-state index < -0.39 is 5.97 Å². The van der Waals surface area contributed by atoms with E-state index in [4.69, 9.17) is 0 Å². The van der Waals surface area contributed by atoms with E-state index in [1.54, 1.807) is 11.6 Å². The summed E-state index contributed by atoms with van der Waals surface area (Å²) in [5, 5.41) is 6.51. The van der Waals surface area contributed by atoms with Gasteiger partial charge in [-0.1, -0.05) is 18.2 Å². The molecule has 0 saturated carbocycles. The summed E-state index contributed by atoms with van der Waals surface area (Å²) in [5.74, 6) is -0.439. The topological polar surface area (TPSA) is 64.1 Å². The van der Waals surface area contributed by atoms with E-state index >= 15 is 0 Å². The molecule has 2 aromatic heterocycles. The number of thiazole rings is 1. The largest absolute Gasteiger partial charge is 0.464 e. The zero-order chi connectivity index (χ0) is 13.9. The summed E-state index contributed by atoms with van der Waals surface area (Å²) in [6, 6.07) is 9.76. The number of hydrogen-bond acceptors (Lipinski definition) is 6. The number of benzene rings is 1. The van der Waals surface area contributed by atoms with Crippen molar-refractivity contribution in [3.05, 3.63) is 47.6 Å². The molecular weight excluding hydrogens is 274 g/mol. The monoisotopic (exact) mass is 285 g/mol. The maximum atomic E-state index is 11.4. The van der Waals surface area contributed by atoms with Gasteiger partial charge in [0.1, 0.15) is 0 Å². The van der Waals surface area contributed by atoms with Crippen molar-refractivity contribution in [1.82, 2.24) is 9.97 Å². The van der Waals surface area contributed by atoms with Crippen LogP contribution in [0.3, 0.4) is 0 Å². The molecule has 0 amide bonds. The van der Waals surface area contributed by atoms with E-state index in [2.05, 4.69) is 20.0 Å². The molecule has 3 rings (SSSR count). The Hall–Kier alpha value is -2.47. The summed E-state index contributed by atoms with van der Waals surface area (Å²) in [7, 11) is 1.34. The molecule has 0 radical (unpaired) electrons. The Kier molecular flexibility index (Phi) is 3.30. The minimum Gasteiger partial charge on any atom is -0.464 e. The molecule has 3 aromatic rings. The first-order chi connectivity index (χ1) is 9.78. The van der Waals surface area contributed by atoms with E-state index in [-0.39, 0.29) is 0 Å². The lowest BCUT2D eigenvalue weighted by molar-refractivity contribution is 0.0595. The highest BCUT2D eigenvalue weighted by atomic mass is 32.1. The fourth-order valence-electron chi connectivity index (χ4n) is 1.85. The van der Waals surface area contributed by atoms with Gasteiger partial charge in [-0.15, -0.1) is 11.3 Å². The lowest BCUT2D eigenvalue weighted by Crippen LogP contribution is -2.01. The number of hydrogen-bond donors (Lipinski definition) is 1. The molecule has 0 fully saturated rings. The second-order valence-corrected chi connectivity index (χ2v) is 4.89. The minimum atomic E-state index is -0.439. The average molecular weight is 285 g/mol. The van der Waals surface area contributed by atoms with Crippen LogP contribution in [0.25, 0.3) is 10.9 Å². The number of fused-ring (bicyclic) bond motifs is 1. The molecule has 6 heteroatoms. The summed E-state index contributed by atoms with van der Waals surface area (Å²) in [5.41, 5.74) is 2.02. The zero-order valence-electron chi connectivity index (χ0n) is 10.7. The van der Waals surface area contributed by atoms with E-state index in [0.717, 1.165) is 16.6 Å². The highest BCUT2D eigenvalue weighted by Gasteiger charge is 2.11. The first kappa shape index (κ1) is 12.6. The minimum absolute atomic E-state index is 0.299. The van der Waals surface area contributed by atoms with E-state index in [0.29, 0.717) is 10.8 Å². The number of carbonyl (C=O) groups excluding carboxylic acids is 1. The first-order valence-corrected chi connectivity index (χ1v) is 6.80. The summed E-state index contributed by atoms with van der Waals surface area (Å²) in [6.07, 6.45) is 1.75. The lowest BCUT2D eigenvalue weighted by Gasteiger charge is -2.05. The van der Waals surface area contributed by atoms with Gasteiger partial charge in [-0.2, -0.15) is 0 Å². The predicted molar refractivity (Wildman–Crippen MR) is 78.5 cm³/mol. The van der Waals surface area contributed by atoms with Gasteiger partial charge < -0.3 is 10.1 Å². The van der Waals surface area contributed by atoms with Gasteiger partial charge in [0.05, 0.1) is 18.3 Å². The molecule has 1 N–H and O–H groups in total. The summed E-state index contributed by atoms with van der Waals surface area (Å²) >= 11 is 1.35. The van der Waals surface area contributed by atoms with Gasteiger partial charge in [0.25, 0.3) is 0 Å². The Bertz CT molecular complexity index is 764. The van der Waals surface area contributed by atoms with Crippen LogP contribution in [0.1, 0.15) is 10.5 Å². The second-order valence-electron chi connectivity index (χ2n) is 4.04. The van der Waals surface area contributed by atoms with Crippen LogP contribution in [0, 0.1) is 0 Å². The van der Waals surface area contributed by atoms with Gasteiger partial charge in [0.2, 0.25) is 0 Å². The molecule has 0 aliphatic rings. The number of para-hydroxylation sites is 1. The molecule has 100 valence electrons. The van der Waals surface area contributed by atoms with Crippen molar-refractivity contribution >= 4 is 39.0 Å². The Balaban J connectivity index is 1.93. The summed E-state index contributed by atoms with van der Waals surface area (Å²) < 4.78 is 4.64. The maximum Gasteiger partial charge on any atom is 0.357 e. The third-order valence-electron chi connectivity index (χ3n) is 2.77. The first-order valence-electron chi connectivity index (χ1n) is 5.92. The van der Waals surface area contributed by atoms with Crippen LogP contribution in [0.2, 0.25) is 0 Å². The van der Waals surface area contributed by atoms with Crippen molar-refractivity contribution < 1.29 is 9.53 Å². The van der Waals surface area contributed by atoms with Crippen LogP contribution in [-0.2, 0) is 4.74 Å². The quantitative estimate of drug-likeness (QED) is 0.748. The number of aromatic nitrogens is 2. The van der Waals surface area contributed by atoms with Crippen LogP contribution in [-0.4, -0.2) is 23.0 Å². The van der Waals surface area contributed by atoms with E-state index in [1.165, 1.54) is 18.4 Å². The Morgan fingerprint density at radius 1 is 1.30 bits per heavy atom. The Morgan fingerprint density at radius 2 is 2.15 bits per heavy atom. The number of rotatable bonds is 3. The van der Waals surface area contributed by atoms with Crippen molar-refractivity contribution in [3.8, 4) is 0 Å². The van der Waals surface area contributed by atoms with E-state index in [9.17, 15) is 4.79 Å². The molecular formula is C14H11N3O2S. The number of esters is 1. The number of ether oxygens (including phenoxy) is 1. The van der Waals surface area contributed by atoms with Gasteiger partial charge in [-0.05, 0) is 12.1 Å². The van der Waals surface area contributed by atoms with Crippen molar-refractivity contribution in [2.45, 2.75) is 0 Å². The fourth-order valence-corrected chi connectivity index (χ4v) is 2.54. The Labute approximate surface area is 119 Å². The van der Waals surface area contributed by atoms with Gasteiger partial charge in [-0.25, -0.2) is 9.78 Å². The predicted octanol–water partition coefficient (Wildman–Crippen LogP) is 3.22. The Morgan fingerprint density at radius 3 is 3.00 bits per heavy atom. The molecule has 1 aromatic carbocycles. The third kappa shape index (κ3) is 2.33. The fraction of sp³-hybridized carbons (Fsp3) is 0.0714. The molecule has 0 unspecified atom stereocenters. The van der Waals surface area contributed by atoms with Gasteiger partial charge in [0.15, 0.2) is 10.8 Å². The molecule has 2 heterocycles. The average Bonchev–Trinajstić information content (AvgIpc) is 2.95. The zero-order valence-corrected chi connectivity index (χ0v) is 11.5. The molecule has 5 nitrogen and oxygen atoms in total. The number of carbonyl (C=O) groups is 1. The van der Waals surface area contributed by atoms with Crippen LogP contribution < -0.4 is 5.32 Å². The van der Waals surface area contributed by atoms with Crippen molar-refractivity contribution in [1.29, 1.82) is 0 Å². The smallest absolute Gasteiger partial charge is 0.357 e. The van der Waals surface area contributed by atoms with Crippen molar-refractivity contribution in [3.63, 3.8) is 0 Å². The molecule has 0 aliphatic heterocycles. The number of nitrogens with one attached hydrogen (secondary N) is 1. The van der Waals surface area contributed by atoms with Crippen LogP contribution in [0.15, 0.2) is 41.9 Å². The molecule has 0 saturated heterocycles. The van der Waals surface area contributed by atoms with E-state index in [1.807, 2.05) is 30.3 Å². The molecule has 0 spiro atoms. The highest BCUT2D eigenvalue weighted by molar-refractivity contribution is 7.14. The van der Waals surface area contributed by atoms with Crippen LogP contribution in [0.5, 0.6) is 0 Å². The normalized spacial score (nSPS) is 10.4. The number of methoxy groups -OCH3 is 1. The van der Waals surface area contributed by atoms with Gasteiger partial charge >= 0.3 is 5.97 Å².